The lowest BCUT2D eigenvalue weighted by atomic mass is 10.1. The summed E-state index contributed by atoms with van der Waals surface area (Å²) in [6.45, 7) is 2.52. The number of hydrogen-bond acceptors (Lipinski definition) is 3. The lowest BCUT2D eigenvalue weighted by Gasteiger charge is -2.11. The lowest BCUT2D eigenvalue weighted by Crippen LogP contribution is -2.18. The van der Waals surface area contributed by atoms with Gasteiger partial charge in [0.15, 0.2) is 0 Å². The van der Waals surface area contributed by atoms with E-state index in [0.717, 1.165) is 22.2 Å². The first kappa shape index (κ1) is 14.0. The van der Waals surface area contributed by atoms with Gasteiger partial charge in [-0.15, -0.1) is 0 Å². The summed E-state index contributed by atoms with van der Waals surface area (Å²) < 4.78 is 6.84. The molecule has 0 amide bonds. The van der Waals surface area contributed by atoms with Gasteiger partial charge in [0.25, 0.3) is 0 Å². The minimum absolute atomic E-state index is 0.130. The quantitative estimate of drug-likeness (QED) is 0.919. The molecule has 3 nitrogen and oxygen atoms in total. The molecule has 0 aliphatic heterocycles. The van der Waals surface area contributed by atoms with Crippen LogP contribution in [0.1, 0.15) is 18.1 Å². The van der Waals surface area contributed by atoms with E-state index in [2.05, 4.69) is 20.9 Å². The zero-order chi connectivity index (χ0) is 13.7. The van der Waals surface area contributed by atoms with Crippen molar-refractivity contribution in [3.63, 3.8) is 0 Å². The molecule has 2 aromatic rings. The predicted octanol–water partition coefficient (Wildman–Crippen LogP) is 3.31. The molecular weight excluding hydrogens is 304 g/mol. The molecule has 2 N–H and O–H groups in total. The Kier molecular flexibility index (Phi) is 4.93. The third kappa shape index (κ3) is 4.33. The molecule has 0 bridgehead atoms. The van der Waals surface area contributed by atoms with Crippen LogP contribution in [-0.2, 0) is 13.0 Å². The Morgan fingerprint density at radius 1 is 1.37 bits per heavy atom. The fraction of sp³-hybridized carbons (Fsp3) is 0.267. The smallest absolute Gasteiger partial charge is 0.120 e. The van der Waals surface area contributed by atoms with Crippen LogP contribution in [0.25, 0.3) is 0 Å². The molecule has 100 valence electrons. The third-order valence-corrected chi connectivity index (χ3v) is 3.46. The molecule has 1 aromatic carbocycles. The number of benzene rings is 1. The van der Waals surface area contributed by atoms with Crippen LogP contribution < -0.4 is 10.5 Å². The van der Waals surface area contributed by atoms with Gasteiger partial charge in [-0.1, -0.05) is 22.0 Å². The molecule has 4 heteroatoms. The monoisotopic (exact) mass is 320 g/mol. The molecule has 1 heterocycles. The predicted molar refractivity (Wildman–Crippen MR) is 80.1 cm³/mol. The molecule has 0 aliphatic carbocycles. The second-order valence-corrected chi connectivity index (χ2v) is 5.44. The van der Waals surface area contributed by atoms with E-state index < -0.39 is 0 Å². The van der Waals surface area contributed by atoms with Crippen LogP contribution in [0.4, 0.5) is 0 Å². The Balaban J connectivity index is 2.04. The van der Waals surface area contributed by atoms with Crippen molar-refractivity contribution in [2.24, 2.45) is 5.73 Å². The number of nitrogens with zero attached hydrogens (tertiary/aromatic N) is 1. The van der Waals surface area contributed by atoms with Crippen molar-refractivity contribution in [1.29, 1.82) is 0 Å². The summed E-state index contributed by atoms with van der Waals surface area (Å²) in [6.07, 6.45) is 4.39. The summed E-state index contributed by atoms with van der Waals surface area (Å²) in [7, 11) is 0. The van der Waals surface area contributed by atoms with Gasteiger partial charge in [0.05, 0.1) is 0 Å². The zero-order valence-corrected chi connectivity index (χ0v) is 12.4. The van der Waals surface area contributed by atoms with Gasteiger partial charge in [-0.3, -0.25) is 4.98 Å². The maximum Gasteiger partial charge on any atom is 0.120 e. The van der Waals surface area contributed by atoms with Gasteiger partial charge in [0.2, 0.25) is 0 Å². The number of ether oxygens (including phenoxy) is 1. The van der Waals surface area contributed by atoms with Gasteiger partial charge < -0.3 is 10.5 Å². The van der Waals surface area contributed by atoms with Crippen molar-refractivity contribution in [1.82, 2.24) is 4.98 Å². The average Bonchev–Trinajstić information content (AvgIpc) is 2.40. The van der Waals surface area contributed by atoms with E-state index in [-0.39, 0.29) is 6.04 Å². The van der Waals surface area contributed by atoms with Crippen LogP contribution in [0.2, 0.25) is 0 Å². The Morgan fingerprint density at radius 2 is 2.21 bits per heavy atom. The van der Waals surface area contributed by atoms with E-state index in [1.165, 1.54) is 5.56 Å². The summed E-state index contributed by atoms with van der Waals surface area (Å²) in [4.78, 5) is 4.06. The van der Waals surface area contributed by atoms with Crippen molar-refractivity contribution in [3.8, 4) is 5.75 Å². The van der Waals surface area contributed by atoms with E-state index >= 15 is 0 Å². The second kappa shape index (κ2) is 6.68. The molecular formula is C15H17BrN2O. The number of halogens is 1. The van der Waals surface area contributed by atoms with Crippen LogP contribution in [0.3, 0.4) is 0 Å². The Morgan fingerprint density at radius 3 is 2.89 bits per heavy atom. The van der Waals surface area contributed by atoms with Gasteiger partial charge in [-0.25, -0.2) is 0 Å². The minimum atomic E-state index is 0.130. The third-order valence-electron chi connectivity index (χ3n) is 2.69. The first-order valence-electron chi connectivity index (χ1n) is 6.21. The molecule has 19 heavy (non-hydrogen) atoms. The van der Waals surface area contributed by atoms with Crippen LogP contribution in [0, 0.1) is 0 Å². The number of hydrogen-bond donors (Lipinski definition) is 1. The number of rotatable bonds is 5. The number of pyridine rings is 1. The summed E-state index contributed by atoms with van der Waals surface area (Å²) in [5.74, 6) is 0.850. The normalized spacial score (nSPS) is 12.2. The Labute approximate surface area is 121 Å². The van der Waals surface area contributed by atoms with Crippen molar-refractivity contribution >= 4 is 15.9 Å². The van der Waals surface area contributed by atoms with Gasteiger partial charge in [-0.05, 0) is 43.2 Å². The van der Waals surface area contributed by atoms with E-state index in [1.54, 1.807) is 6.20 Å². The average molecular weight is 321 g/mol. The summed E-state index contributed by atoms with van der Waals surface area (Å²) in [5.41, 5.74) is 8.06. The summed E-state index contributed by atoms with van der Waals surface area (Å²) >= 11 is 3.53. The van der Waals surface area contributed by atoms with Crippen LogP contribution >= 0.6 is 15.9 Å². The van der Waals surface area contributed by atoms with Crippen molar-refractivity contribution in [2.45, 2.75) is 26.0 Å². The molecule has 0 spiro atoms. The van der Waals surface area contributed by atoms with Crippen LogP contribution in [0.5, 0.6) is 5.75 Å². The van der Waals surface area contributed by atoms with Gasteiger partial charge >= 0.3 is 0 Å². The fourth-order valence-electron chi connectivity index (χ4n) is 1.79. The highest BCUT2D eigenvalue weighted by Gasteiger charge is 2.05. The molecule has 1 unspecified atom stereocenters. The topological polar surface area (TPSA) is 48.1 Å². The number of nitrogens with two attached hydrogens (primary N) is 1. The van der Waals surface area contributed by atoms with Gasteiger partial charge in [0, 0.05) is 28.5 Å². The highest BCUT2D eigenvalue weighted by molar-refractivity contribution is 9.10. The molecule has 0 saturated heterocycles. The largest absolute Gasteiger partial charge is 0.489 e. The zero-order valence-electron chi connectivity index (χ0n) is 10.8. The maximum absolute atomic E-state index is 5.84. The first-order chi connectivity index (χ1) is 9.15. The first-order valence-corrected chi connectivity index (χ1v) is 7.00. The summed E-state index contributed by atoms with van der Waals surface area (Å²) in [5, 5.41) is 0. The van der Waals surface area contributed by atoms with Crippen molar-refractivity contribution in [3.05, 3.63) is 58.3 Å². The molecule has 0 radical (unpaired) electrons. The van der Waals surface area contributed by atoms with E-state index in [9.17, 15) is 0 Å². The van der Waals surface area contributed by atoms with Crippen LogP contribution in [-0.4, -0.2) is 11.0 Å². The molecule has 1 atom stereocenters. The standard InChI is InChI=1S/C15H17BrN2O/c1-11(17)7-13-8-14(4-5-15(13)16)19-10-12-3-2-6-18-9-12/h2-6,8-9,11H,7,10,17H2,1H3. The van der Waals surface area contributed by atoms with E-state index in [0.29, 0.717) is 6.61 Å². The second-order valence-electron chi connectivity index (χ2n) is 4.58. The van der Waals surface area contributed by atoms with Crippen molar-refractivity contribution < 1.29 is 4.74 Å². The maximum atomic E-state index is 5.84. The van der Waals surface area contributed by atoms with Gasteiger partial charge in [-0.2, -0.15) is 0 Å². The van der Waals surface area contributed by atoms with Crippen LogP contribution in [0.15, 0.2) is 47.2 Å². The molecule has 2 rings (SSSR count). The molecule has 1 aromatic heterocycles. The molecule has 0 fully saturated rings. The van der Waals surface area contributed by atoms with Gasteiger partial charge in [0.1, 0.15) is 12.4 Å². The van der Waals surface area contributed by atoms with Crippen molar-refractivity contribution in [2.75, 3.05) is 0 Å². The highest BCUT2D eigenvalue weighted by atomic mass is 79.9. The minimum Gasteiger partial charge on any atom is -0.489 e. The SMILES string of the molecule is CC(N)Cc1cc(OCc2cccnc2)ccc1Br. The number of aromatic nitrogens is 1. The molecule has 0 saturated carbocycles. The van der Waals surface area contributed by atoms with E-state index in [4.69, 9.17) is 10.5 Å². The molecule has 0 aliphatic rings. The highest BCUT2D eigenvalue weighted by Crippen LogP contribution is 2.24. The Bertz CT molecular complexity index is 529. The lowest BCUT2D eigenvalue weighted by molar-refractivity contribution is 0.305. The fourth-order valence-corrected chi connectivity index (χ4v) is 2.20. The van der Waals surface area contributed by atoms with E-state index in [1.807, 2.05) is 43.5 Å². The summed E-state index contributed by atoms with van der Waals surface area (Å²) in [6, 6.07) is 10.0. The Hall–Kier alpha value is -1.39.